The SMILES string of the molecule is CC[C@@H](C)OC(=O)C1=C(C)NC2=C(C(=O)C[C@@H](c3ccc(OC)c(OC)c3)C2)[C@@H]1c1ccc(Cl)cc1. The molecule has 7 heteroatoms. The summed E-state index contributed by atoms with van der Waals surface area (Å²) < 4.78 is 16.6. The molecule has 2 aromatic rings. The number of carbonyl (C=O) groups excluding carboxylic acids is 2. The van der Waals surface area contributed by atoms with Gasteiger partial charge in [0.05, 0.1) is 25.9 Å². The molecule has 2 aromatic carbocycles. The van der Waals surface area contributed by atoms with Crippen molar-refractivity contribution in [3.63, 3.8) is 0 Å². The Kier molecular flexibility index (Phi) is 7.74. The summed E-state index contributed by atoms with van der Waals surface area (Å²) in [6, 6.07) is 13.1. The zero-order valence-electron chi connectivity index (χ0n) is 21.3. The fourth-order valence-corrected chi connectivity index (χ4v) is 5.10. The number of ketones is 1. The maximum Gasteiger partial charge on any atom is 0.337 e. The van der Waals surface area contributed by atoms with Crippen molar-refractivity contribution in [2.45, 2.75) is 58.0 Å². The molecule has 1 N–H and O–H groups in total. The van der Waals surface area contributed by atoms with Crippen molar-refractivity contribution < 1.29 is 23.8 Å². The minimum Gasteiger partial charge on any atom is -0.493 e. The van der Waals surface area contributed by atoms with E-state index in [9.17, 15) is 9.59 Å². The zero-order chi connectivity index (χ0) is 26.0. The summed E-state index contributed by atoms with van der Waals surface area (Å²) in [6.07, 6.45) is 1.44. The third kappa shape index (κ3) is 5.00. The van der Waals surface area contributed by atoms with Gasteiger partial charge in [-0.2, -0.15) is 0 Å². The van der Waals surface area contributed by atoms with E-state index in [4.69, 9.17) is 25.8 Å². The van der Waals surface area contributed by atoms with Crippen molar-refractivity contribution >= 4 is 23.4 Å². The van der Waals surface area contributed by atoms with Gasteiger partial charge in [-0.15, -0.1) is 0 Å². The highest BCUT2D eigenvalue weighted by molar-refractivity contribution is 6.30. The summed E-state index contributed by atoms with van der Waals surface area (Å²) >= 11 is 6.15. The molecule has 0 spiro atoms. The fraction of sp³-hybridized carbons (Fsp3) is 0.379. The topological polar surface area (TPSA) is 73.9 Å². The predicted octanol–water partition coefficient (Wildman–Crippen LogP) is 6.06. The number of allylic oxidation sites excluding steroid dienone is 3. The fourth-order valence-electron chi connectivity index (χ4n) is 4.97. The van der Waals surface area contributed by atoms with E-state index < -0.39 is 11.9 Å². The molecule has 0 saturated carbocycles. The first-order chi connectivity index (χ1) is 17.3. The van der Waals surface area contributed by atoms with Gasteiger partial charge in [0.15, 0.2) is 17.3 Å². The van der Waals surface area contributed by atoms with Gasteiger partial charge in [0.2, 0.25) is 0 Å². The first kappa shape index (κ1) is 25.8. The van der Waals surface area contributed by atoms with Gasteiger partial charge in [-0.25, -0.2) is 4.79 Å². The summed E-state index contributed by atoms with van der Waals surface area (Å²) in [5, 5.41) is 3.98. The first-order valence-corrected chi connectivity index (χ1v) is 12.6. The lowest BCUT2D eigenvalue weighted by atomic mass is 9.71. The van der Waals surface area contributed by atoms with Gasteiger partial charge in [0.25, 0.3) is 0 Å². The second kappa shape index (κ2) is 10.8. The van der Waals surface area contributed by atoms with Crippen LogP contribution in [0.4, 0.5) is 0 Å². The van der Waals surface area contributed by atoms with E-state index in [1.807, 2.05) is 51.1 Å². The second-order valence-corrected chi connectivity index (χ2v) is 9.74. The van der Waals surface area contributed by atoms with E-state index in [1.165, 1.54) is 0 Å². The quantitative estimate of drug-likeness (QED) is 0.457. The molecule has 36 heavy (non-hydrogen) atoms. The van der Waals surface area contributed by atoms with Crippen molar-refractivity contribution in [1.82, 2.24) is 5.32 Å². The van der Waals surface area contributed by atoms with Crippen LogP contribution in [0.1, 0.15) is 63.0 Å². The van der Waals surface area contributed by atoms with Crippen LogP contribution in [0.2, 0.25) is 5.02 Å². The van der Waals surface area contributed by atoms with Crippen molar-refractivity contribution in [1.29, 1.82) is 0 Å². The molecule has 0 amide bonds. The van der Waals surface area contributed by atoms with Crippen molar-refractivity contribution in [2.24, 2.45) is 0 Å². The number of hydrogen-bond donors (Lipinski definition) is 1. The average Bonchev–Trinajstić information content (AvgIpc) is 2.87. The van der Waals surface area contributed by atoms with Gasteiger partial charge in [-0.05, 0) is 68.0 Å². The number of carbonyl (C=O) groups is 2. The first-order valence-electron chi connectivity index (χ1n) is 12.2. The number of methoxy groups -OCH3 is 2. The van der Waals surface area contributed by atoms with Gasteiger partial charge >= 0.3 is 5.97 Å². The molecule has 0 aromatic heterocycles. The lowest BCUT2D eigenvalue weighted by molar-refractivity contribution is -0.144. The van der Waals surface area contributed by atoms with Gasteiger partial charge in [0.1, 0.15) is 0 Å². The van der Waals surface area contributed by atoms with E-state index in [0.29, 0.717) is 52.6 Å². The van der Waals surface area contributed by atoms with Gasteiger partial charge in [0, 0.05) is 34.3 Å². The molecule has 0 saturated heterocycles. The molecule has 4 rings (SSSR count). The zero-order valence-corrected chi connectivity index (χ0v) is 22.1. The molecule has 1 aliphatic carbocycles. The average molecular weight is 510 g/mol. The van der Waals surface area contributed by atoms with Crippen molar-refractivity contribution in [3.8, 4) is 11.5 Å². The molecule has 0 unspecified atom stereocenters. The predicted molar refractivity (Wildman–Crippen MR) is 139 cm³/mol. The Balaban J connectivity index is 1.76. The van der Waals surface area contributed by atoms with Crippen LogP contribution in [-0.2, 0) is 14.3 Å². The molecule has 1 heterocycles. The molecular formula is C29H32ClNO5. The van der Waals surface area contributed by atoms with Crippen molar-refractivity contribution in [2.75, 3.05) is 14.2 Å². The van der Waals surface area contributed by atoms with Gasteiger partial charge in [-0.3, -0.25) is 4.79 Å². The van der Waals surface area contributed by atoms with E-state index >= 15 is 0 Å². The number of Topliss-reactive ketones (excluding diaryl/α,β-unsaturated/α-hetero) is 1. The third-order valence-electron chi connectivity index (χ3n) is 7.01. The molecule has 0 bridgehead atoms. The molecule has 0 fully saturated rings. The highest BCUT2D eigenvalue weighted by atomic mass is 35.5. The minimum absolute atomic E-state index is 0.00447. The normalized spacial score (nSPS) is 20.4. The maximum atomic E-state index is 13.7. The summed E-state index contributed by atoms with van der Waals surface area (Å²) in [6.45, 7) is 5.70. The number of nitrogens with one attached hydrogen (secondary N) is 1. The highest BCUT2D eigenvalue weighted by Crippen LogP contribution is 2.46. The van der Waals surface area contributed by atoms with Crippen molar-refractivity contribution in [3.05, 3.63) is 81.2 Å². The Morgan fingerprint density at radius 1 is 1.06 bits per heavy atom. The molecule has 3 atom stereocenters. The Morgan fingerprint density at radius 3 is 2.36 bits per heavy atom. The smallest absolute Gasteiger partial charge is 0.337 e. The Morgan fingerprint density at radius 2 is 1.72 bits per heavy atom. The van der Waals surface area contributed by atoms with Gasteiger partial charge in [-0.1, -0.05) is 36.7 Å². The summed E-state index contributed by atoms with van der Waals surface area (Å²) in [5.74, 6) is 0.319. The highest BCUT2D eigenvalue weighted by Gasteiger charge is 2.41. The van der Waals surface area contributed by atoms with Crippen LogP contribution in [-0.4, -0.2) is 32.1 Å². The number of rotatable bonds is 7. The van der Waals surface area contributed by atoms with Crippen LogP contribution in [0.15, 0.2) is 65.0 Å². The van der Waals surface area contributed by atoms with Crippen LogP contribution in [0.25, 0.3) is 0 Å². The molecular weight excluding hydrogens is 478 g/mol. The van der Waals surface area contributed by atoms with Crippen LogP contribution >= 0.6 is 11.6 Å². The number of ether oxygens (including phenoxy) is 3. The summed E-state index contributed by atoms with van der Waals surface area (Å²) in [7, 11) is 3.20. The molecule has 190 valence electrons. The monoisotopic (exact) mass is 509 g/mol. The van der Waals surface area contributed by atoms with E-state index in [-0.39, 0.29) is 17.8 Å². The number of dihydropyridines is 1. The summed E-state index contributed by atoms with van der Waals surface area (Å²) in [4.78, 5) is 27.1. The van der Waals surface area contributed by atoms with E-state index in [0.717, 1.165) is 16.8 Å². The molecule has 6 nitrogen and oxygen atoms in total. The van der Waals surface area contributed by atoms with Crippen LogP contribution in [0.3, 0.4) is 0 Å². The Hall–Kier alpha value is -3.25. The minimum atomic E-state index is -0.520. The Labute approximate surface area is 217 Å². The van der Waals surface area contributed by atoms with Gasteiger partial charge < -0.3 is 19.5 Å². The number of esters is 1. The summed E-state index contributed by atoms with van der Waals surface area (Å²) in [5.41, 5.74) is 4.46. The maximum absolute atomic E-state index is 13.7. The van der Waals surface area contributed by atoms with E-state index in [1.54, 1.807) is 26.4 Å². The standard InChI is InChI=1S/C29H32ClNO5/c1-6-16(2)36-29(33)26-17(3)31-22-13-20(19-9-12-24(34-4)25(15-19)35-5)14-23(32)28(22)27(26)18-7-10-21(30)11-8-18/h7-12,15-16,20,27,31H,6,13-14H2,1-5H3/t16-,20+,27-/m1/s1. The van der Waals surface area contributed by atoms with Crippen LogP contribution in [0, 0.1) is 0 Å². The number of halogens is 1. The Bertz CT molecular complexity index is 1230. The number of hydrogen-bond acceptors (Lipinski definition) is 6. The van der Waals surface area contributed by atoms with E-state index in [2.05, 4.69) is 5.32 Å². The third-order valence-corrected chi connectivity index (χ3v) is 7.26. The van der Waals surface area contributed by atoms with Crippen LogP contribution < -0.4 is 14.8 Å². The van der Waals surface area contributed by atoms with Crippen LogP contribution in [0.5, 0.6) is 11.5 Å². The lowest BCUT2D eigenvalue weighted by Crippen LogP contribution is -2.36. The second-order valence-electron chi connectivity index (χ2n) is 9.31. The lowest BCUT2D eigenvalue weighted by Gasteiger charge is -2.37. The largest absolute Gasteiger partial charge is 0.493 e. The number of benzene rings is 2. The molecule has 0 radical (unpaired) electrons. The molecule has 2 aliphatic rings. The molecule has 1 aliphatic heterocycles.